The molecule has 252 valence electrons. The van der Waals surface area contributed by atoms with Gasteiger partial charge in [0.15, 0.2) is 11.4 Å². The van der Waals surface area contributed by atoms with Crippen molar-refractivity contribution in [3.05, 3.63) is 32.2 Å². The zero-order valence-corrected chi connectivity index (χ0v) is 29.2. The summed E-state index contributed by atoms with van der Waals surface area (Å²) in [7, 11) is 0. The molecule has 0 radical (unpaired) electrons. The monoisotopic (exact) mass is 676 g/mol. The number of carbonyl (C=O) groups excluding carboxylic acids is 5. The SMILES string of the molecule is CCC(C)(C)C(=O)C(=O)N1CCC[C@H]1c1nc(C(=O)O)cs1.CCOC(=O)c1csc([C@@H]2CCCN2C(=O)C(=O)C(C)(C)CC)n1. The van der Waals surface area contributed by atoms with Crippen LogP contribution in [-0.4, -0.2) is 79.9 Å². The van der Waals surface area contributed by atoms with E-state index in [2.05, 4.69) is 9.97 Å². The van der Waals surface area contributed by atoms with Gasteiger partial charge < -0.3 is 19.6 Å². The average molecular weight is 677 g/mol. The number of ether oxygens (including phenoxy) is 1. The number of nitrogens with zero attached hydrogens (tertiary/aromatic N) is 4. The zero-order valence-electron chi connectivity index (χ0n) is 27.6. The van der Waals surface area contributed by atoms with E-state index in [0.29, 0.717) is 49.0 Å². The summed E-state index contributed by atoms with van der Waals surface area (Å²) in [6.07, 6.45) is 4.28. The molecule has 2 aromatic rings. The van der Waals surface area contributed by atoms with E-state index in [9.17, 15) is 28.8 Å². The van der Waals surface area contributed by atoms with Crippen LogP contribution in [0.5, 0.6) is 0 Å². The number of Topliss-reactive ketones (excluding diaryl/α,β-unsaturated/α-hetero) is 2. The molecule has 4 heterocycles. The van der Waals surface area contributed by atoms with Crippen LogP contribution in [0.25, 0.3) is 0 Å². The number of ketones is 2. The molecular weight excluding hydrogens is 633 g/mol. The number of carbonyl (C=O) groups is 6. The number of amides is 2. The molecule has 0 saturated carbocycles. The van der Waals surface area contributed by atoms with Gasteiger partial charge in [-0.1, -0.05) is 41.5 Å². The Kier molecular flexibility index (Phi) is 12.4. The van der Waals surface area contributed by atoms with E-state index in [1.165, 1.54) is 28.1 Å². The first-order chi connectivity index (χ1) is 21.6. The van der Waals surface area contributed by atoms with Gasteiger partial charge in [0.2, 0.25) is 11.6 Å². The normalized spacial score (nSPS) is 18.2. The minimum absolute atomic E-state index is 0.0143. The number of carboxylic acid groups (broad SMARTS) is 1. The fourth-order valence-corrected chi connectivity index (χ4v) is 6.85. The van der Waals surface area contributed by atoms with Crippen LogP contribution in [0.1, 0.15) is 130 Å². The number of hydrogen-bond donors (Lipinski definition) is 1. The lowest BCUT2D eigenvalue weighted by Gasteiger charge is -2.27. The summed E-state index contributed by atoms with van der Waals surface area (Å²) in [5.41, 5.74) is -1.10. The Morgan fingerprint density at radius 3 is 1.57 bits per heavy atom. The van der Waals surface area contributed by atoms with Gasteiger partial charge in [-0.3, -0.25) is 19.2 Å². The van der Waals surface area contributed by atoms with Crippen LogP contribution in [0.3, 0.4) is 0 Å². The minimum Gasteiger partial charge on any atom is -0.476 e. The highest BCUT2D eigenvalue weighted by molar-refractivity contribution is 7.10. The van der Waals surface area contributed by atoms with E-state index in [1.807, 2.05) is 13.8 Å². The second-order valence-electron chi connectivity index (χ2n) is 12.6. The number of carboxylic acids is 1. The maximum Gasteiger partial charge on any atom is 0.357 e. The predicted molar refractivity (Wildman–Crippen MR) is 173 cm³/mol. The van der Waals surface area contributed by atoms with Crippen molar-refractivity contribution in [1.82, 2.24) is 19.8 Å². The number of aromatic carboxylic acids is 1. The lowest BCUT2D eigenvalue weighted by molar-refractivity contribution is -0.149. The van der Waals surface area contributed by atoms with Gasteiger partial charge in [0.25, 0.3) is 11.8 Å². The smallest absolute Gasteiger partial charge is 0.357 e. The molecule has 4 rings (SSSR count). The van der Waals surface area contributed by atoms with Crippen molar-refractivity contribution >= 4 is 58.0 Å². The summed E-state index contributed by atoms with van der Waals surface area (Å²) < 4.78 is 4.95. The van der Waals surface area contributed by atoms with Gasteiger partial charge in [0.1, 0.15) is 10.0 Å². The third kappa shape index (κ3) is 8.24. The fourth-order valence-electron chi connectivity index (χ4n) is 4.97. The number of thiazole rings is 2. The van der Waals surface area contributed by atoms with E-state index in [-0.39, 0.29) is 29.3 Å². The van der Waals surface area contributed by atoms with Crippen molar-refractivity contribution < 1.29 is 38.6 Å². The molecule has 2 fully saturated rings. The van der Waals surface area contributed by atoms with Crippen molar-refractivity contribution in [2.24, 2.45) is 10.8 Å². The van der Waals surface area contributed by atoms with Gasteiger partial charge in [0.05, 0.1) is 18.7 Å². The molecule has 2 amide bonds. The van der Waals surface area contributed by atoms with Gasteiger partial charge in [-0.25, -0.2) is 19.6 Å². The average Bonchev–Trinajstić information content (AvgIpc) is 3.85. The lowest BCUT2D eigenvalue weighted by atomic mass is 9.84. The Morgan fingerprint density at radius 2 is 1.20 bits per heavy atom. The maximum absolute atomic E-state index is 12.6. The first kappa shape index (κ1) is 36.9. The lowest BCUT2D eigenvalue weighted by Crippen LogP contribution is -2.42. The molecule has 2 saturated heterocycles. The highest BCUT2D eigenvalue weighted by Crippen LogP contribution is 2.37. The van der Waals surface area contributed by atoms with Crippen molar-refractivity contribution in [1.29, 1.82) is 0 Å². The van der Waals surface area contributed by atoms with E-state index in [0.717, 1.165) is 19.3 Å². The summed E-state index contributed by atoms with van der Waals surface area (Å²) in [5.74, 6) is -3.23. The molecule has 2 aromatic heterocycles. The number of hydrogen-bond acceptors (Lipinski definition) is 11. The fraction of sp³-hybridized carbons (Fsp3) is 0.625. The summed E-state index contributed by atoms with van der Waals surface area (Å²) in [5, 5.41) is 13.3. The maximum atomic E-state index is 12.6. The molecule has 14 heteroatoms. The number of likely N-dealkylation sites (tertiary alicyclic amines) is 2. The second kappa shape index (κ2) is 15.4. The number of esters is 1. The molecule has 0 spiro atoms. The predicted octanol–water partition coefficient (Wildman–Crippen LogP) is 5.50. The molecule has 2 aliphatic heterocycles. The van der Waals surface area contributed by atoms with Crippen LogP contribution in [0.15, 0.2) is 10.8 Å². The van der Waals surface area contributed by atoms with Crippen LogP contribution in [0, 0.1) is 10.8 Å². The molecule has 0 aromatic carbocycles. The van der Waals surface area contributed by atoms with Gasteiger partial charge in [-0.2, -0.15) is 0 Å². The highest BCUT2D eigenvalue weighted by atomic mass is 32.1. The van der Waals surface area contributed by atoms with Gasteiger partial charge in [-0.05, 0) is 45.4 Å². The molecule has 0 aliphatic carbocycles. The highest BCUT2D eigenvalue weighted by Gasteiger charge is 2.41. The molecular formula is C32H44N4O8S2. The van der Waals surface area contributed by atoms with Crippen molar-refractivity contribution in [2.45, 2.75) is 99.1 Å². The summed E-state index contributed by atoms with van der Waals surface area (Å²) in [6.45, 7) is 14.0. The Bertz CT molecular complexity index is 1460. The third-order valence-corrected chi connectivity index (χ3v) is 10.6. The molecule has 1 N–H and O–H groups in total. The van der Waals surface area contributed by atoms with E-state index in [4.69, 9.17) is 9.84 Å². The van der Waals surface area contributed by atoms with Gasteiger partial charge in [-0.15, -0.1) is 22.7 Å². The molecule has 46 heavy (non-hydrogen) atoms. The van der Waals surface area contributed by atoms with Crippen molar-refractivity contribution in [3.63, 3.8) is 0 Å². The van der Waals surface area contributed by atoms with Crippen LogP contribution in [0.4, 0.5) is 0 Å². The van der Waals surface area contributed by atoms with Crippen molar-refractivity contribution in [2.75, 3.05) is 19.7 Å². The number of rotatable bonds is 11. The largest absolute Gasteiger partial charge is 0.476 e. The Labute approximate surface area is 277 Å². The third-order valence-electron chi connectivity index (χ3n) is 8.73. The molecule has 2 atom stereocenters. The summed E-state index contributed by atoms with van der Waals surface area (Å²) >= 11 is 2.55. The summed E-state index contributed by atoms with van der Waals surface area (Å²) in [6, 6.07) is -0.524. The van der Waals surface area contributed by atoms with E-state index in [1.54, 1.807) is 49.8 Å². The first-order valence-electron chi connectivity index (χ1n) is 15.6. The van der Waals surface area contributed by atoms with Gasteiger partial charge >= 0.3 is 11.9 Å². The van der Waals surface area contributed by atoms with E-state index >= 15 is 0 Å². The number of aromatic nitrogens is 2. The Balaban J connectivity index is 0.000000251. The molecule has 2 aliphatic rings. The van der Waals surface area contributed by atoms with Crippen LogP contribution in [0.2, 0.25) is 0 Å². The zero-order chi connectivity index (χ0) is 34.4. The Hall–Kier alpha value is -3.52. The van der Waals surface area contributed by atoms with Crippen LogP contribution < -0.4 is 0 Å². The van der Waals surface area contributed by atoms with E-state index < -0.39 is 40.4 Å². The first-order valence-corrected chi connectivity index (χ1v) is 17.4. The quantitative estimate of drug-likeness (QED) is 0.237. The molecule has 0 bridgehead atoms. The van der Waals surface area contributed by atoms with Crippen molar-refractivity contribution in [3.8, 4) is 0 Å². The minimum atomic E-state index is -1.08. The van der Waals surface area contributed by atoms with Crippen LogP contribution >= 0.6 is 22.7 Å². The standard InChI is InChI=1S/C17H24N2O4S.C15H20N2O4S/c1-5-17(3,4)13(20)15(21)19-9-7-8-12(19)14-18-11(10-24-14)16(22)23-6-2;1-4-15(2,3)11(18)13(19)17-7-5-6-10(17)12-16-9(8-22-12)14(20)21/h10,12H,5-9H2,1-4H3;8,10H,4-7H2,1-3H3,(H,20,21)/t12-;10-/m00/s1. The topological polar surface area (TPSA) is 164 Å². The summed E-state index contributed by atoms with van der Waals surface area (Å²) in [4.78, 5) is 84.2. The van der Waals surface area contributed by atoms with Gasteiger partial charge in [0, 0.05) is 34.7 Å². The second-order valence-corrected chi connectivity index (χ2v) is 14.4. The van der Waals surface area contributed by atoms with Crippen LogP contribution in [-0.2, 0) is 23.9 Å². The molecule has 0 unspecified atom stereocenters. The Morgan fingerprint density at radius 1 is 0.783 bits per heavy atom. The molecule has 12 nitrogen and oxygen atoms in total.